The van der Waals surface area contributed by atoms with Crippen molar-refractivity contribution in [2.75, 3.05) is 62.8 Å². The van der Waals surface area contributed by atoms with Crippen molar-refractivity contribution in [3.8, 4) is 5.82 Å². The third kappa shape index (κ3) is 4.87. The van der Waals surface area contributed by atoms with Crippen LogP contribution in [0.25, 0.3) is 16.9 Å². The minimum absolute atomic E-state index is 0.209. The Morgan fingerprint density at radius 3 is 2.69 bits per heavy atom. The highest BCUT2D eigenvalue weighted by atomic mass is 19.3. The van der Waals surface area contributed by atoms with Gasteiger partial charge in [0.25, 0.3) is 6.43 Å². The number of ether oxygens (including phenoxy) is 2. The van der Waals surface area contributed by atoms with Gasteiger partial charge >= 0.3 is 0 Å². The van der Waals surface area contributed by atoms with E-state index in [4.69, 9.17) is 19.4 Å². The molecule has 0 bridgehead atoms. The van der Waals surface area contributed by atoms with Gasteiger partial charge in [-0.15, -0.1) is 0 Å². The fourth-order valence-electron chi connectivity index (χ4n) is 5.35. The van der Waals surface area contributed by atoms with E-state index in [-0.39, 0.29) is 11.9 Å². The third-order valence-corrected chi connectivity index (χ3v) is 7.12. The Morgan fingerprint density at radius 2 is 1.89 bits per heavy atom. The van der Waals surface area contributed by atoms with Gasteiger partial charge in [0, 0.05) is 51.4 Å². The molecular weight excluding hydrogens is 468 g/mol. The van der Waals surface area contributed by atoms with Gasteiger partial charge in [-0.2, -0.15) is 9.97 Å². The van der Waals surface area contributed by atoms with Crippen molar-refractivity contribution in [3.63, 3.8) is 0 Å². The van der Waals surface area contributed by atoms with Crippen molar-refractivity contribution in [1.29, 1.82) is 0 Å². The number of aromatic nitrogens is 4. The number of imidazole rings is 1. The van der Waals surface area contributed by atoms with E-state index in [0.717, 1.165) is 45.5 Å². The average molecular weight is 500 g/mol. The van der Waals surface area contributed by atoms with Crippen LogP contribution in [0.1, 0.15) is 31.5 Å². The van der Waals surface area contributed by atoms with E-state index < -0.39 is 6.43 Å². The Labute approximate surface area is 208 Å². The molecule has 1 N–H and O–H groups in total. The Balaban J connectivity index is 1.32. The number of rotatable bonds is 7. The molecule has 11 heteroatoms. The van der Waals surface area contributed by atoms with Crippen LogP contribution in [-0.2, 0) is 9.47 Å². The molecule has 3 saturated heterocycles. The number of benzene rings is 1. The van der Waals surface area contributed by atoms with Gasteiger partial charge in [-0.05, 0) is 31.4 Å². The molecular formula is C25H31F2N7O2. The molecule has 2 atom stereocenters. The first-order valence-corrected chi connectivity index (χ1v) is 12.7. The molecule has 0 aliphatic carbocycles. The number of halogens is 2. The number of morpholine rings is 1. The molecule has 9 nitrogen and oxygen atoms in total. The van der Waals surface area contributed by atoms with Gasteiger partial charge in [-0.1, -0.05) is 12.1 Å². The zero-order chi connectivity index (χ0) is 24.5. The van der Waals surface area contributed by atoms with E-state index in [1.165, 1.54) is 4.57 Å². The molecule has 3 aromatic rings. The number of hydrogen-bond acceptors (Lipinski definition) is 8. The SMILES string of the molecule is FC(F)c1nc2ccccc2n1-c1cc(N[C@H]2CCN(C[C@@H]3CCCO3)C2)nc(N2CCOCC2)n1. The molecule has 2 aromatic heterocycles. The first-order valence-electron chi connectivity index (χ1n) is 12.7. The number of nitrogens with zero attached hydrogens (tertiary/aromatic N) is 6. The molecule has 36 heavy (non-hydrogen) atoms. The molecule has 0 unspecified atom stereocenters. The van der Waals surface area contributed by atoms with Crippen LogP contribution in [-0.4, -0.2) is 89.1 Å². The number of hydrogen-bond donors (Lipinski definition) is 1. The molecule has 0 amide bonds. The number of anilines is 2. The van der Waals surface area contributed by atoms with E-state index in [0.29, 0.717) is 61.0 Å². The van der Waals surface area contributed by atoms with Crippen molar-refractivity contribution in [2.45, 2.75) is 37.8 Å². The first kappa shape index (κ1) is 23.5. The Morgan fingerprint density at radius 1 is 1.03 bits per heavy atom. The third-order valence-electron chi connectivity index (χ3n) is 7.12. The number of likely N-dealkylation sites (tertiary alicyclic amines) is 1. The standard InChI is InChI=1S/C25H31F2N7O2/c26-23(27)24-29-19-5-1-2-6-20(19)34(24)22-14-21(30-25(31-22)33-9-12-35-13-10-33)28-17-7-8-32(15-17)16-18-4-3-11-36-18/h1-2,5-6,14,17-18,23H,3-4,7-13,15-16H2,(H,28,30,31)/t17-,18-/m0/s1. The predicted octanol–water partition coefficient (Wildman–Crippen LogP) is 3.25. The van der Waals surface area contributed by atoms with Crippen LogP contribution in [0, 0.1) is 0 Å². The summed E-state index contributed by atoms with van der Waals surface area (Å²) in [6.07, 6.45) is 0.826. The van der Waals surface area contributed by atoms with Crippen molar-refractivity contribution in [2.24, 2.45) is 0 Å². The second kappa shape index (κ2) is 10.2. The summed E-state index contributed by atoms with van der Waals surface area (Å²) in [7, 11) is 0. The fraction of sp³-hybridized carbons (Fsp3) is 0.560. The molecule has 0 spiro atoms. The van der Waals surface area contributed by atoms with Gasteiger partial charge in [0.05, 0.1) is 30.4 Å². The Bertz CT molecular complexity index is 1190. The topological polar surface area (TPSA) is 80.6 Å². The molecule has 3 aliphatic rings. The van der Waals surface area contributed by atoms with E-state index >= 15 is 0 Å². The maximum Gasteiger partial charge on any atom is 0.296 e. The Hall–Kier alpha value is -2.89. The second-order valence-electron chi connectivity index (χ2n) is 9.63. The summed E-state index contributed by atoms with van der Waals surface area (Å²) in [5.41, 5.74) is 1.10. The zero-order valence-corrected chi connectivity index (χ0v) is 20.2. The monoisotopic (exact) mass is 499 g/mol. The van der Waals surface area contributed by atoms with Crippen LogP contribution in [0.3, 0.4) is 0 Å². The largest absolute Gasteiger partial charge is 0.378 e. The lowest BCUT2D eigenvalue weighted by molar-refractivity contribution is 0.0805. The summed E-state index contributed by atoms with van der Waals surface area (Å²) < 4.78 is 40.9. The maximum absolute atomic E-state index is 14.1. The maximum atomic E-state index is 14.1. The van der Waals surface area contributed by atoms with Crippen LogP contribution < -0.4 is 10.2 Å². The lowest BCUT2D eigenvalue weighted by atomic mass is 10.2. The van der Waals surface area contributed by atoms with Gasteiger partial charge in [0.1, 0.15) is 11.6 Å². The predicted molar refractivity (Wildman–Crippen MR) is 132 cm³/mol. The second-order valence-corrected chi connectivity index (χ2v) is 9.63. The number of alkyl halides is 2. The number of fused-ring (bicyclic) bond motifs is 1. The van der Waals surface area contributed by atoms with Crippen molar-refractivity contribution in [1.82, 2.24) is 24.4 Å². The van der Waals surface area contributed by atoms with Crippen LogP contribution in [0.15, 0.2) is 30.3 Å². The van der Waals surface area contributed by atoms with Crippen molar-refractivity contribution >= 4 is 22.8 Å². The summed E-state index contributed by atoms with van der Waals surface area (Å²) in [6.45, 7) is 6.14. The minimum atomic E-state index is -2.74. The summed E-state index contributed by atoms with van der Waals surface area (Å²) in [6, 6.07) is 9.11. The smallest absolute Gasteiger partial charge is 0.296 e. The highest BCUT2D eigenvalue weighted by Gasteiger charge is 2.28. The van der Waals surface area contributed by atoms with Crippen LogP contribution in [0.2, 0.25) is 0 Å². The number of para-hydroxylation sites is 2. The normalized spacial score (nSPS) is 23.2. The van der Waals surface area contributed by atoms with E-state index in [1.54, 1.807) is 24.3 Å². The van der Waals surface area contributed by atoms with Gasteiger partial charge in [-0.25, -0.2) is 13.8 Å². The quantitative estimate of drug-likeness (QED) is 0.531. The highest BCUT2D eigenvalue weighted by Crippen LogP contribution is 2.29. The van der Waals surface area contributed by atoms with E-state index in [1.807, 2.05) is 11.0 Å². The molecule has 0 radical (unpaired) electrons. The van der Waals surface area contributed by atoms with Gasteiger partial charge in [-0.3, -0.25) is 9.47 Å². The summed E-state index contributed by atoms with van der Waals surface area (Å²) in [5.74, 6) is 1.19. The summed E-state index contributed by atoms with van der Waals surface area (Å²) >= 11 is 0. The summed E-state index contributed by atoms with van der Waals surface area (Å²) in [5, 5.41) is 3.56. The lowest BCUT2D eigenvalue weighted by Gasteiger charge is -2.28. The first-order chi connectivity index (χ1) is 17.6. The van der Waals surface area contributed by atoms with E-state index in [9.17, 15) is 8.78 Å². The van der Waals surface area contributed by atoms with Crippen molar-refractivity contribution in [3.05, 3.63) is 36.2 Å². The summed E-state index contributed by atoms with van der Waals surface area (Å²) in [4.78, 5) is 18.2. The minimum Gasteiger partial charge on any atom is -0.378 e. The average Bonchev–Trinajstić information content (AvgIpc) is 3.65. The van der Waals surface area contributed by atoms with E-state index in [2.05, 4.69) is 15.2 Å². The molecule has 0 saturated carbocycles. The van der Waals surface area contributed by atoms with Crippen molar-refractivity contribution < 1.29 is 18.3 Å². The number of nitrogens with one attached hydrogen (secondary N) is 1. The molecule has 1 aromatic carbocycles. The zero-order valence-electron chi connectivity index (χ0n) is 20.2. The molecule has 3 aliphatic heterocycles. The lowest BCUT2D eigenvalue weighted by Crippen LogP contribution is -2.37. The molecule has 192 valence electrons. The Kier molecular flexibility index (Phi) is 6.68. The molecule has 5 heterocycles. The molecule has 6 rings (SSSR count). The molecule has 3 fully saturated rings. The van der Waals surface area contributed by atoms with Gasteiger partial charge < -0.3 is 19.7 Å². The van der Waals surface area contributed by atoms with Crippen LogP contribution in [0.4, 0.5) is 20.5 Å². The van der Waals surface area contributed by atoms with Crippen LogP contribution in [0.5, 0.6) is 0 Å². The highest BCUT2D eigenvalue weighted by molar-refractivity contribution is 5.78. The van der Waals surface area contributed by atoms with Crippen LogP contribution >= 0.6 is 0 Å². The fourth-order valence-corrected chi connectivity index (χ4v) is 5.35. The van der Waals surface area contributed by atoms with Gasteiger partial charge in [0.2, 0.25) is 5.95 Å². The van der Waals surface area contributed by atoms with Gasteiger partial charge in [0.15, 0.2) is 5.82 Å².